The van der Waals surface area contributed by atoms with Gasteiger partial charge in [-0.25, -0.2) is 8.42 Å². The van der Waals surface area contributed by atoms with Crippen LogP contribution in [-0.4, -0.2) is 23.2 Å². The summed E-state index contributed by atoms with van der Waals surface area (Å²) in [5.41, 5.74) is 0.783. The van der Waals surface area contributed by atoms with Crippen LogP contribution in [0, 0.1) is 13.8 Å². The number of halogens is 1. The van der Waals surface area contributed by atoms with Gasteiger partial charge in [0.2, 0.25) is 0 Å². The largest absolute Gasteiger partial charge is 0.484 e. The van der Waals surface area contributed by atoms with E-state index in [2.05, 4.69) is 10.2 Å². The number of benzene rings is 1. The van der Waals surface area contributed by atoms with E-state index in [0.717, 1.165) is 11.4 Å². The third-order valence-electron chi connectivity index (χ3n) is 2.90. The van der Waals surface area contributed by atoms with Gasteiger partial charge in [-0.1, -0.05) is 6.07 Å². The van der Waals surface area contributed by atoms with Crippen LogP contribution in [-0.2, 0) is 22.7 Å². The topological polar surface area (TPSA) is 74.1 Å². The number of hydrogen-bond acceptors (Lipinski definition) is 5. The first-order chi connectivity index (χ1) is 9.29. The van der Waals surface area contributed by atoms with Crippen LogP contribution in [0.3, 0.4) is 0 Å². The Labute approximate surface area is 121 Å². The standard InChI is InChI=1S/C12H14ClN3O3S/c1-8-4-5-10(11(6-8)20(13,17)18)19-7-12-15-14-9(2)16(12)3/h4-6H,7H2,1-3H3. The van der Waals surface area contributed by atoms with Crippen molar-refractivity contribution in [3.05, 3.63) is 35.4 Å². The molecule has 2 rings (SSSR count). The number of ether oxygens (including phenoxy) is 1. The van der Waals surface area contributed by atoms with E-state index in [1.54, 1.807) is 23.6 Å². The predicted octanol–water partition coefficient (Wildman–Crippen LogP) is 1.94. The molecule has 1 heterocycles. The Morgan fingerprint density at radius 3 is 2.55 bits per heavy atom. The second-order valence-electron chi connectivity index (χ2n) is 4.40. The van der Waals surface area contributed by atoms with Gasteiger partial charge >= 0.3 is 0 Å². The number of aryl methyl sites for hydroxylation is 2. The highest BCUT2D eigenvalue weighted by Crippen LogP contribution is 2.28. The van der Waals surface area contributed by atoms with Crippen LogP contribution in [0.2, 0.25) is 0 Å². The zero-order valence-corrected chi connectivity index (χ0v) is 12.9. The third-order valence-corrected chi connectivity index (χ3v) is 4.24. The maximum atomic E-state index is 11.5. The van der Waals surface area contributed by atoms with Crippen molar-refractivity contribution in [3.63, 3.8) is 0 Å². The zero-order valence-electron chi connectivity index (χ0n) is 11.3. The molecule has 2 aromatic rings. The maximum absolute atomic E-state index is 11.5. The van der Waals surface area contributed by atoms with E-state index in [-0.39, 0.29) is 17.3 Å². The van der Waals surface area contributed by atoms with Gasteiger partial charge in [-0.15, -0.1) is 10.2 Å². The van der Waals surface area contributed by atoms with Crippen molar-refractivity contribution in [2.45, 2.75) is 25.3 Å². The lowest BCUT2D eigenvalue weighted by Crippen LogP contribution is -2.06. The van der Waals surface area contributed by atoms with Crippen molar-refractivity contribution >= 4 is 19.7 Å². The van der Waals surface area contributed by atoms with Crippen molar-refractivity contribution < 1.29 is 13.2 Å². The number of hydrogen-bond donors (Lipinski definition) is 0. The average Bonchev–Trinajstić information content (AvgIpc) is 2.67. The van der Waals surface area contributed by atoms with Crippen LogP contribution >= 0.6 is 10.7 Å². The van der Waals surface area contributed by atoms with Gasteiger partial charge in [0.1, 0.15) is 23.1 Å². The summed E-state index contributed by atoms with van der Waals surface area (Å²) in [5.74, 6) is 1.55. The molecule has 0 saturated heterocycles. The lowest BCUT2D eigenvalue weighted by molar-refractivity contribution is 0.283. The second kappa shape index (κ2) is 5.41. The molecule has 0 radical (unpaired) electrons. The molecule has 0 bridgehead atoms. The molecule has 0 saturated carbocycles. The molecule has 0 spiro atoms. The minimum absolute atomic E-state index is 0.0435. The lowest BCUT2D eigenvalue weighted by atomic mass is 10.2. The molecule has 0 aliphatic carbocycles. The van der Waals surface area contributed by atoms with Crippen LogP contribution in [0.4, 0.5) is 0 Å². The van der Waals surface area contributed by atoms with E-state index in [1.165, 1.54) is 6.07 Å². The van der Waals surface area contributed by atoms with Gasteiger partial charge in [0.05, 0.1) is 0 Å². The average molecular weight is 316 g/mol. The molecule has 0 N–H and O–H groups in total. The summed E-state index contributed by atoms with van der Waals surface area (Å²) in [4.78, 5) is -0.0435. The Balaban J connectivity index is 2.28. The van der Waals surface area contributed by atoms with E-state index in [4.69, 9.17) is 15.4 Å². The molecule has 108 valence electrons. The van der Waals surface area contributed by atoms with Crippen LogP contribution in [0.5, 0.6) is 5.75 Å². The molecule has 8 heteroatoms. The summed E-state index contributed by atoms with van der Waals surface area (Å²) >= 11 is 0. The van der Waals surface area contributed by atoms with Gasteiger partial charge < -0.3 is 9.30 Å². The Morgan fingerprint density at radius 1 is 1.30 bits per heavy atom. The fourth-order valence-electron chi connectivity index (χ4n) is 1.64. The predicted molar refractivity (Wildman–Crippen MR) is 74.3 cm³/mol. The summed E-state index contributed by atoms with van der Waals surface area (Å²) in [7, 11) is 3.36. The quantitative estimate of drug-likeness (QED) is 0.806. The van der Waals surface area contributed by atoms with Crippen molar-refractivity contribution in [2.75, 3.05) is 0 Å². The second-order valence-corrected chi connectivity index (χ2v) is 6.93. The molecule has 0 unspecified atom stereocenters. The van der Waals surface area contributed by atoms with E-state index in [9.17, 15) is 8.42 Å². The highest BCUT2D eigenvalue weighted by Gasteiger charge is 2.18. The lowest BCUT2D eigenvalue weighted by Gasteiger charge is -2.10. The van der Waals surface area contributed by atoms with Crippen molar-refractivity contribution in [2.24, 2.45) is 7.05 Å². The van der Waals surface area contributed by atoms with Gasteiger partial charge in [0.15, 0.2) is 5.82 Å². The summed E-state index contributed by atoms with van der Waals surface area (Å²) in [6.07, 6.45) is 0. The fourth-order valence-corrected chi connectivity index (χ4v) is 2.70. The summed E-state index contributed by atoms with van der Waals surface area (Å²) in [6.45, 7) is 3.71. The molecule has 0 aliphatic heterocycles. The number of aromatic nitrogens is 3. The molecule has 6 nitrogen and oxygen atoms in total. The van der Waals surface area contributed by atoms with E-state index in [0.29, 0.717) is 5.82 Å². The zero-order chi connectivity index (χ0) is 14.9. The highest BCUT2D eigenvalue weighted by atomic mass is 35.7. The van der Waals surface area contributed by atoms with Crippen LogP contribution in [0.25, 0.3) is 0 Å². The normalized spacial score (nSPS) is 11.6. The monoisotopic (exact) mass is 315 g/mol. The summed E-state index contributed by atoms with van der Waals surface area (Å²) in [6, 6.07) is 4.80. The molecular formula is C12H14ClN3O3S. The minimum atomic E-state index is -3.86. The number of nitrogens with zero attached hydrogens (tertiary/aromatic N) is 3. The maximum Gasteiger partial charge on any atom is 0.264 e. The van der Waals surface area contributed by atoms with E-state index in [1.807, 2.05) is 14.0 Å². The van der Waals surface area contributed by atoms with Gasteiger partial charge in [0, 0.05) is 17.7 Å². The molecule has 1 aromatic carbocycles. The molecule has 0 amide bonds. The Kier molecular flexibility index (Phi) is 4.01. The first-order valence-corrected chi connectivity index (χ1v) is 8.13. The Bertz CT molecular complexity index is 740. The van der Waals surface area contributed by atoms with Gasteiger partial charge in [0.25, 0.3) is 9.05 Å². The Hall–Kier alpha value is -1.60. The van der Waals surface area contributed by atoms with Gasteiger partial charge in [-0.3, -0.25) is 0 Å². The van der Waals surface area contributed by atoms with Gasteiger partial charge in [-0.05, 0) is 31.5 Å². The molecule has 0 atom stereocenters. The van der Waals surface area contributed by atoms with E-state index >= 15 is 0 Å². The van der Waals surface area contributed by atoms with Crippen LogP contribution < -0.4 is 4.74 Å². The van der Waals surface area contributed by atoms with Crippen LogP contribution in [0.1, 0.15) is 17.2 Å². The first kappa shape index (κ1) is 14.8. The fraction of sp³-hybridized carbons (Fsp3) is 0.333. The third kappa shape index (κ3) is 3.10. The van der Waals surface area contributed by atoms with Crippen molar-refractivity contribution in [1.29, 1.82) is 0 Å². The molecular weight excluding hydrogens is 302 g/mol. The smallest absolute Gasteiger partial charge is 0.264 e. The minimum Gasteiger partial charge on any atom is -0.484 e. The van der Waals surface area contributed by atoms with E-state index < -0.39 is 9.05 Å². The molecule has 0 aliphatic rings. The number of rotatable bonds is 4. The summed E-state index contributed by atoms with van der Waals surface area (Å²) < 4.78 is 30.4. The molecule has 1 aromatic heterocycles. The molecule has 20 heavy (non-hydrogen) atoms. The Morgan fingerprint density at radius 2 is 2.00 bits per heavy atom. The van der Waals surface area contributed by atoms with Crippen molar-refractivity contribution in [1.82, 2.24) is 14.8 Å². The van der Waals surface area contributed by atoms with Crippen LogP contribution in [0.15, 0.2) is 23.1 Å². The highest BCUT2D eigenvalue weighted by molar-refractivity contribution is 8.13. The summed E-state index contributed by atoms with van der Waals surface area (Å²) in [5, 5.41) is 7.85. The van der Waals surface area contributed by atoms with Crippen molar-refractivity contribution in [3.8, 4) is 5.75 Å². The SMILES string of the molecule is Cc1ccc(OCc2nnc(C)n2C)c(S(=O)(=O)Cl)c1. The first-order valence-electron chi connectivity index (χ1n) is 5.82. The molecule has 0 fully saturated rings. The van der Waals surface area contributed by atoms with Gasteiger partial charge in [-0.2, -0.15) is 0 Å².